The number of fused-ring (bicyclic) bond motifs is 1. The lowest BCUT2D eigenvalue weighted by Crippen LogP contribution is -2.01. The van der Waals surface area contributed by atoms with Crippen LogP contribution in [0.25, 0.3) is 0 Å². The fourth-order valence-electron chi connectivity index (χ4n) is 2.82. The first-order valence-corrected chi connectivity index (χ1v) is 7.51. The third kappa shape index (κ3) is 2.64. The van der Waals surface area contributed by atoms with Gasteiger partial charge in [-0.25, -0.2) is 0 Å². The molecule has 0 fully saturated rings. The van der Waals surface area contributed by atoms with Crippen LogP contribution < -0.4 is 23.7 Å². The Morgan fingerprint density at radius 2 is 1.50 bits per heavy atom. The highest BCUT2D eigenvalue weighted by Crippen LogP contribution is 2.45. The molecular weight excluding hydrogens is 312 g/mol. The highest BCUT2D eigenvalue weighted by Gasteiger charge is 2.23. The Kier molecular flexibility index (Phi) is 4.29. The van der Waals surface area contributed by atoms with Crippen LogP contribution in [0, 0.1) is 0 Å². The molecule has 24 heavy (non-hydrogen) atoms. The van der Waals surface area contributed by atoms with Crippen LogP contribution in [-0.2, 0) is 0 Å². The molecule has 0 aliphatic carbocycles. The van der Waals surface area contributed by atoms with E-state index in [9.17, 15) is 5.11 Å². The van der Waals surface area contributed by atoms with Gasteiger partial charge in [-0.1, -0.05) is 6.92 Å². The van der Waals surface area contributed by atoms with E-state index in [0.717, 1.165) is 11.1 Å². The summed E-state index contributed by atoms with van der Waals surface area (Å²) in [5.41, 5.74) is 1.65. The first-order valence-electron chi connectivity index (χ1n) is 7.51. The maximum atomic E-state index is 10.3. The van der Waals surface area contributed by atoms with Gasteiger partial charge in [-0.3, -0.25) is 0 Å². The monoisotopic (exact) mass is 332 g/mol. The molecule has 0 unspecified atom stereocenters. The first kappa shape index (κ1) is 16.1. The molecule has 0 aromatic heterocycles. The smallest absolute Gasteiger partial charge is 0.231 e. The second-order valence-electron chi connectivity index (χ2n) is 5.44. The topological polar surface area (TPSA) is 66.4 Å². The molecule has 0 saturated heterocycles. The molecule has 0 bridgehead atoms. The zero-order valence-electron chi connectivity index (χ0n) is 14.1. The molecule has 1 atom stereocenters. The number of phenolic OH excluding ortho intramolecular Hbond substituents is 1. The van der Waals surface area contributed by atoms with Crippen LogP contribution in [0.3, 0.4) is 0 Å². The summed E-state index contributed by atoms with van der Waals surface area (Å²) in [5.74, 6) is 2.88. The summed E-state index contributed by atoms with van der Waals surface area (Å²) in [4.78, 5) is 0. The summed E-state index contributed by atoms with van der Waals surface area (Å²) in [6.07, 6.45) is 0. The molecule has 0 saturated carbocycles. The highest BCUT2D eigenvalue weighted by atomic mass is 16.7. The lowest BCUT2D eigenvalue weighted by Gasteiger charge is -2.19. The largest absolute Gasteiger partial charge is 0.508 e. The normalized spacial score (nSPS) is 13.5. The molecule has 1 aliphatic rings. The molecule has 2 aromatic carbocycles. The van der Waals surface area contributed by atoms with Gasteiger partial charge in [0.1, 0.15) is 5.75 Å². The Labute approximate surface area is 140 Å². The van der Waals surface area contributed by atoms with Crippen LogP contribution in [0.5, 0.6) is 34.5 Å². The summed E-state index contributed by atoms with van der Waals surface area (Å²) in [7, 11) is 4.71. The van der Waals surface area contributed by atoms with E-state index in [1.54, 1.807) is 33.5 Å². The van der Waals surface area contributed by atoms with Gasteiger partial charge in [0.05, 0.1) is 21.3 Å². The maximum absolute atomic E-state index is 10.3. The zero-order chi connectivity index (χ0) is 17.3. The molecule has 0 radical (unpaired) electrons. The van der Waals surface area contributed by atoms with Gasteiger partial charge in [-0.2, -0.15) is 0 Å². The Hall–Kier alpha value is -2.76. The quantitative estimate of drug-likeness (QED) is 0.906. The molecule has 0 spiro atoms. The summed E-state index contributed by atoms with van der Waals surface area (Å²) < 4.78 is 26.8. The SMILES string of the molecule is COc1cc([C@H](C)c2cc3c(cc2O)OCO3)cc(OC)c1OC. The lowest BCUT2D eigenvalue weighted by molar-refractivity contribution is 0.174. The van der Waals surface area contributed by atoms with Crippen molar-refractivity contribution in [2.45, 2.75) is 12.8 Å². The number of methoxy groups -OCH3 is 3. The van der Waals surface area contributed by atoms with Crippen molar-refractivity contribution in [2.75, 3.05) is 28.1 Å². The van der Waals surface area contributed by atoms with Crippen LogP contribution in [0.1, 0.15) is 24.0 Å². The van der Waals surface area contributed by atoms with Gasteiger partial charge in [0.15, 0.2) is 23.0 Å². The van der Waals surface area contributed by atoms with Crippen LogP contribution in [0.15, 0.2) is 24.3 Å². The van der Waals surface area contributed by atoms with E-state index in [4.69, 9.17) is 23.7 Å². The number of hydrogen-bond donors (Lipinski definition) is 1. The van der Waals surface area contributed by atoms with E-state index in [1.165, 1.54) is 0 Å². The van der Waals surface area contributed by atoms with Crippen molar-refractivity contribution in [2.24, 2.45) is 0 Å². The summed E-state index contributed by atoms with van der Waals surface area (Å²) in [6.45, 7) is 2.15. The first-order chi connectivity index (χ1) is 11.6. The third-order valence-corrected chi connectivity index (χ3v) is 4.18. The van der Waals surface area contributed by atoms with Crippen LogP contribution in [0.2, 0.25) is 0 Å². The standard InChI is InChI=1S/C18H20O6/c1-10(12-7-14-15(8-13(12)19)24-9-23-14)11-5-16(20-2)18(22-4)17(6-11)21-3/h5-8,10,19H,9H2,1-4H3/t10-/m0/s1. The van der Waals surface area contributed by atoms with Crippen molar-refractivity contribution in [3.05, 3.63) is 35.4 Å². The Balaban J connectivity index is 2.06. The fourth-order valence-corrected chi connectivity index (χ4v) is 2.82. The van der Waals surface area contributed by atoms with Crippen molar-refractivity contribution in [3.63, 3.8) is 0 Å². The van der Waals surface area contributed by atoms with Crippen molar-refractivity contribution < 1.29 is 28.8 Å². The number of aromatic hydroxyl groups is 1. The Morgan fingerprint density at radius 1 is 0.917 bits per heavy atom. The lowest BCUT2D eigenvalue weighted by atomic mass is 9.91. The maximum Gasteiger partial charge on any atom is 0.231 e. The minimum absolute atomic E-state index is 0.117. The van der Waals surface area contributed by atoms with Crippen molar-refractivity contribution in [3.8, 4) is 34.5 Å². The molecule has 128 valence electrons. The summed E-state index contributed by atoms with van der Waals surface area (Å²) in [5, 5.41) is 10.3. The van der Waals surface area contributed by atoms with E-state index in [-0.39, 0.29) is 18.5 Å². The van der Waals surface area contributed by atoms with Crippen LogP contribution in [-0.4, -0.2) is 33.2 Å². The summed E-state index contributed by atoms with van der Waals surface area (Å²) >= 11 is 0. The average Bonchev–Trinajstić information content (AvgIpc) is 3.06. The predicted octanol–water partition coefficient (Wildman–Crippen LogP) is 3.30. The van der Waals surface area contributed by atoms with E-state index in [2.05, 4.69) is 0 Å². The molecule has 1 N–H and O–H groups in total. The van der Waals surface area contributed by atoms with E-state index < -0.39 is 0 Å². The van der Waals surface area contributed by atoms with E-state index in [1.807, 2.05) is 19.1 Å². The molecular formula is C18H20O6. The van der Waals surface area contributed by atoms with Gasteiger partial charge in [-0.15, -0.1) is 0 Å². The average molecular weight is 332 g/mol. The molecule has 2 aromatic rings. The number of phenols is 1. The van der Waals surface area contributed by atoms with Gasteiger partial charge in [-0.05, 0) is 23.8 Å². The zero-order valence-corrected chi connectivity index (χ0v) is 14.1. The van der Waals surface area contributed by atoms with Crippen molar-refractivity contribution >= 4 is 0 Å². The second kappa shape index (κ2) is 6.39. The number of rotatable bonds is 5. The molecule has 1 aliphatic heterocycles. The van der Waals surface area contributed by atoms with Crippen molar-refractivity contribution in [1.82, 2.24) is 0 Å². The molecule has 6 heteroatoms. The van der Waals surface area contributed by atoms with E-state index in [0.29, 0.717) is 28.7 Å². The molecule has 0 amide bonds. The van der Waals surface area contributed by atoms with Gasteiger partial charge in [0, 0.05) is 17.5 Å². The predicted molar refractivity (Wildman–Crippen MR) is 87.8 cm³/mol. The van der Waals surface area contributed by atoms with Gasteiger partial charge < -0.3 is 28.8 Å². The molecule has 6 nitrogen and oxygen atoms in total. The van der Waals surface area contributed by atoms with Crippen molar-refractivity contribution in [1.29, 1.82) is 0 Å². The highest BCUT2D eigenvalue weighted by molar-refractivity contribution is 5.58. The number of hydrogen-bond acceptors (Lipinski definition) is 6. The number of ether oxygens (including phenoxy) is 5. The molecule has 1 heterocycles. The minimum Gasteiger partial charge on any atom is -0.508 e. The van der Waals surface area contributed by atoms with Gasteiger partial charge in [0.25, 0.3) is 0 Å². The van der Waals surface area contributed by atoms with Crippen LogP contribution in [0.4, 0.5) is 0 Å². The second-order valence-corrected chi connectivity index (χ2v) is 5.44. The van der Waals surface area contributed by atoms with Gasteiger partial charge >= 0.3 is 0 Å². The number of benzene rings is 2. The third-order valence-electron chi connectivity index (χ3n) is 4.18. The minimum atomic E-state index is -0.117. The molecule has 3 rings (SSSR count). The van der Waals surface area contributed by atoms with Gasteiger partial charge in [0.2, 0.25) is 12.5 Å². The Morgan fingerprint density at radius 3 is 2.04 bits per heavy atom. The summed E-state index contributed by atoms with van der Waals surface area (Å²) in [6, 6.07) is 7.11. The van der Waals surface area contributed by atoms with E-state index >= 15 is 0 Å². The van der Waals surface area contributed by atoms with Crippen LogP contribution >= 0.6 is 0 Å². The fraction of sp³-hybridized carbons (Fsp3) is 0.333. The Bertz CT molecular complexity index is 730.